The van der Waals surface area contributed by atoms with Gasteiger partial charge in [0.25, 0.3) is 0 Å². The fraction of sp³-hybridized carbons (Fsp3) is 0. The summed E-state index contributed by atoms with van der Waals surface area (Å²) in [4.78, 5) is 4.03. The van der Waals surface area contributed by atoms with Crippen LogP contribution in [0.15, 0.2) is 65.4 Å². The summed E-state index contributed by atoms with van der Waals surface area (Å²) in [6.07, 6.45) is 3.46. The van der Waals surface area contributed by atoms with Gasteiger partial charge >= 0.3 is 0 Å². The van der Waals surface area contributed by atoms with Crippen LogP contribution in [0.3, 0.4) is 0 Å². The van der Waals surface area contributed by atoms with Gasteiger partial charge in [0.05, 0.1) is 5.69 Å². The van der Waals surface area contributed by atoms with Crippen LogP contribution in [0.5, 0.6) is 0 Å². The highest BCUT2D eigenvalue weighted by Crippen LogP contribution is 2.23. The molecule has 22 heavy (non-hydrogen) atoms. The number of hydrogen-bond donors (Lipinski definition) is 0. The smallest absolute Gasteiger partial charge is 0.185 e. The van der Waals surface area contributed by atoms with Crippen molar-refractivity contribution < 1.29 is 0 Å². The van der Waals surface area contributed by atoms with E-state index in [-0.39, 0.29) is 0 Å². The average Bonchev–Trinajstić information content (AvgIpc) is 2.99. The van der Waals surface area contributed by atoms with Crippen molar-refractivity contribution in [3.63, 3.8) is 0 Å². The highest BCUT2D eigenvalue weighted by Gasteiger charge is 2.10. The fourth-order valence-corrected chi connectivity index (χ4v) is 2.67. The molecule has 3 aromatic heterocycles. The van der Waals surface area contributed by atoms with Crippen molar-refractivity contribution in [1.82, 2.24) is 24.8 Å². The van der Waals surface area contributed by atoms with Crippen LogP contribution < -0.4 is 0 Å². The monoisotopic (exact) mass is 351 g/mol. The molecule has 0 fully saturated rings. The van der Waals surface area contributed by atoms with Crippen molar-refractivity contribution in [3.05, 3.63) is 65.4 Å². The van der Waals surface area contributed by atoms with Gasteiger partial charge in [0.1, 0.15) is 0 Å². The molecule has 0 radical (unpaired) electrons. The van der Waals surface area contributed by atoms with Gasteiger partial charge < -0.3 is 0 Å². The second kappa shape index (κ2) is 5.31. The Morgan fingerprint density at radius 2 is 1.73 bits per heavy atom. The summed E-state index contributed by atoms with van der Waals surface area (Å²) in [6.45, 7) is 0. The van der Waals surface area contributed by atoms with E-state index in [1.54, 1.807) is 16.9 Å². The zero-order valence-electron chi connectivity index (χ0n) is 11.4. The molecule has 1 aromatic carbocycles. The number of nitrogens with zero attached hydrogens (tertiary/aromatic N) is 5. The third kappa shape index (κ3) is 2.27. The molecule has 0 N–H and O–H groups in total. The van der Waals surface area contributed by atoms with E-state index in [0.29, 0.717) is 11.5 Å². The second-order valence-corrected chi connectivity index (χ2v) is 5.67. The van der Waals surface area contributed by atoms with Crippen molar-refractivity contribution in [1.29, 1.82) is 0 Å². The van der Waals surface area contributed by atoms with Crippen LogP contribution in [0, 0.1) is 0 Å². The third-order valence-electron chi connectivity index (χ3n) is 3.32. The second-order valence-electron chi connectivity index (χ2n) is 4.76. The standard InChI is InChI=1S/C16H10BrN5/c17-13-3-1-2-12(10-13)14-4-5-15-19-20-16(22(15)21-14)11-6-8-18-9-7-11/h1-10H. The fourth-order valence-electron chi connectivity index (χ4n) is 2.27. The Morgan fingerprint density at radius 1 is 0.864 bits per heavy atom. The van der Waals surface area contributed by atoms with Gasteiger partial charge in [-0.05, 0) is 36.4 Å². The van der Waals surface area contributed by atoms with Crippen LogP contribution in [-0.2, 0) is 0 Å². The van der Waals surface area contributed by atoms with E-state index in [0.717, 1.165) is 21.3 Å². The number of rotatable bonds is 2. The Hall–Kier alpha value is -2.60. The van der Waals surface area contributed by atoms with Crippen LogP contribution in [0.2, 0.25) is 0 Å². The topological polar surface area (TPSA) is 56.0 Å². The number of halogens is 1. The number of hydrogen-bond acceptors (Lipinski definition) is 4. The van der Waals surface area contributed by atoms with Crippen molar-refractivity contribution in [2.24, 2.45) is 0 Å². The Labute approximate surface area is 134 Å². The van der Waals surface area contributed by atoms with Crippen molar-refractivity contribution in [2.75, 3.05) is 0 Å². The molecule has 106 valence electrons. The maximum absolute atomic E-state index is 4.67. The minimum Gasteiger partial charge on any atom is -0.265 e. The number of pyridine rings is 1. The highest BCUT2D eigenvalue weighted by molar-refractivity contribution is 9.10. The molecule has 0 saturated carbocycles. The molecule has 4 aromatic rings. The van der Waals surface area contributed by atoms with Gasteiger partial charge in [-0.3, -0.25) is 4.98 Å². The molecule has 4 rings (SSSR count). The summed E-state index contributed by atoms with van der Waals surface area (Å²) < 4.78 is 2.77. The molecule has 6 heteroatoms. The molecule has 0 unspecified atom stereocenters. The zero-order valence-corrected chi connectivity index (χ0v) is 13.0. The molecule has 0 bridgehead atoms. The maximum atomic E-state index is 4.67. The molecule has 0 amide bonds. The number of benzene rings is 1. The number of aromatic nitrogens is 5. The minimum absolute atomic E-state index is 0.703. The summed E-state index contributed by atoms with van der Waals surface area (Å²) in [5.74, 6) is 0.703. The molecule has 5 nitrogen and oxygen atoms in total. The SMILES string of the molecule is Brc1cccc(-c2ccc3nnc(-c4ccncc4)n3n2)c1. The molecule has 3 heterocycles. The van der Waals surface area contributed by atoms with Crippen molar-refractivity contribution in [2.45, 2.75) is 0 Å². The van der Waals surface area contributed by atoms with Gasteiger partial charge in [-0.2, -0.15) is 9.61 Å². The first kappa shape index (κ1) is 13.1. The Bertz CT molecular complexity index is 949. The van der Waals surface area contributed by atoms with E-state index in [2.05, 4.69) is 36.2 Å². The first-order valence-corrected chi connectivity index (χ1v) is 7.49. The Balaban J connectivity index is 1.90. The van der Waals surface area contributed by atoms with Gasteiger partial charge in [-0.1, -0.05) is 28.1 Å². The molecule has 0 aliphatic carbocycles. The van der Waals surface area contributed by atoms with Gasteiger partial charge in [-0.15, -0.1) is 10.2 Å². The van der Waals surface area contributed by atoms with E-state index in [1.807, 2.05) is 48.5 Å². The van der Waals surface area contributed by atoms with E-state index in [4.69, 9.17) is 0 Å². The molecule has 0 saturated heterocycles. The summed E-state index contributed by atoms with van der Waals surface area (Å²) >= 11 is 3.49. The van der Waals surface area contributed by atoms with Crippen LogP contribution in [0.1, 0.15) is 0 Å². The average molecular weight is 352 g/mol. The third-order valence-corrected chi connectivity index (χ3v) is 3.81. The van der Waals surface area contributed by atoms with Crippen molar-refractivity contribution >= 4 is 21.6 Å². The lowest BCUT2D eigenvalue weighted by molar-refractivity contribution is 0.941. The first-order chi connectivity index (χ1) is 10.8. The van der Waals surface area contributed by atoms with Crippen LogP contribution in [0.4, 0.5) is 0 Å². The predicted molar refractivity (Wildman–Crippen MR) is 87.1 cm³/mol. The summed E-state index contributed by atoms with van der Waals surface area (Å²) in [5.41, 5.74) is 3.54. The molecular formula is C16H10BrN5. The quantitative estimate of drug-likeness (QED) is 0.553. The van der Waals surface area contributed by atoms with Gasteiger partial charge in [0.2, 0.25) is 0 Å². The van der Waals surface area contributed by atoms with E-state index in [9.17, 15) is 0 Å². The zero-order chi connectivity index (χ0) is 14.9. The van der Waals surface area contributed by atoms with Crippen molar-refractivity contribution in [3.8, 4) is 22.6 Å². The number of fused-ring (bicyclic) bond motifs is 1. The van der Waals surface area contributed by atoms with E-state index < -0.39 is 0 Å². The lowest BCUT2D eigenvalue weighted by Crippen LogP contribution is -1.97. The molecule has 0 atom stereocenters. The van der Waals surface area contributed by atoms with Crippen LogP contribution in [0.25, 0.3) is 28.3 Å². The minimum atomic E-state index is 0.703. The highest BCUT2D eigenvalue weighted by atomic mass is 79.9. The van der Waals surface area contributed by atoms with Crippen LogP contribution >= 0.6 is 15.9 Å². The van der Waals surface area contributed by atoms with Gasteiger partial charge in [0, 0.05) is 28.0 Å². The maximum Gasteiger partial charge on any atom is 0.185 e. The lowest BCUT2D eigenvalue weighted by Gasteiger charge is -2.03. The van der Waals surface area contributed by atoms with E-state index >= 15 is 0 Å². The Kier molecular flexibility index (Phi) is 3.16. The Morgan fingerprint density at radius 3 is 2.55 bits per heavy atom. The lowest BCUT2D eigenvalue weighted by atomic mass is 10.1. The summed E-state index contributed by atoms with van der Waals surface area (Å²) in [5, 5.41) is 13.1. The molecule has 0 aliphatic rings. The van der Waals surface area contributed by atoms with Crippen LogP contribution in [-0.4, -0.2) is 24.8 Å². The summed E-state index contributed by atoms with van der Waals surface area (Å²) in [7, 11) is 0. The first-order valence-electron chi connectivity index (χ1n) is 6.70. The molecule has 0 spiro atoms. The van der Waals surface area contributed by atoms with E-state index in [1.165, 1.54) is 0 Å². The normalized spacial score (nSPS) is 11.0. The predicted octanol–water partition coefficient (Wildman–Crippen LogP) is 3.62. The van der Waals surface area contributed by atoms with Gasteiger partial charge in [0.15, 0.2) is 11.5 Å². The molecule has 0 aliphatic heterocycles. The largest absolute Gasteiger partial charge is 0.265 e. The van der Waals surface area contributed by atoms with Gasteiger partial charge in [-0.25, -0.2) is 0 Å². The molecular weight excluding hydrogens is 342 g/mol. The summed E-state index contributed by atoms with van der Waals surface area (Å²) in [6, 6.07) is 15.7.